The van der Waals surface area contributed by atoms with E-state index in [2.05, 4.69) is 5.32 Å². The number of primary amides is 1. The molecule has 0 aromatic rings. The number of aliphatic hydroxyl groups excluding tert-OH is 1. The Morgan fingerprint density at radius 3 is 2.25 bits per heavy atom. The van der Waals surface area contributed by atoms with E-state index in [-0.39, 0.29) is 23.3 Å². The van der Waals surface area contributed by atoms with Gasteiger partial charge in [0.25, 0.3) is 0 Å². The highest BCUT2D eigenvalue weighted by molar-refractivity contribution is 8.00. The van der Waals surface area contributed by atoms with Gasteiger partial charge in [0.05, 0.1) is 6.10 Å². The Kier molecular flexibility index (Phi) is 6.36. The molecule has 0 aromatic carbocycles. The number of nitrogens with one attached hydrogen (secondary N) is 1. The maximum Gasteiger partial charge on any atom is 0.238 e. The SMILES string of the molecule is CC(C)NC(C)(CSC(C)C(C)O)C(N)=O. The molecule has 0 aliphatic rings. The Hall–Kier alpha value is -0.260. The van der Waals surface area contributed by atoms with Crippen LogP contribution in [0.2, 0.25) is 0 Å². The minimum absolute atomic E-state index is 0.0904. The van der Waals surface area contributed by atoms with Crippen LogP contribution in [0.5, 0.6) is 0 Å². The number of carbonyl (C=O) groups excluding carboxylic acids is 1. The molecule has 0 saturated heterocycles. The fourth-order valence-corrected chi connectivity index (χ4v) is 2.36. The van der Waals surface area contributed by atoms with E-state index in [4.69, 9.17) is 5.73 Å². The van der Waals surface area contributed by atoms with Gasteiger partial charge in [0.15, 0.2) is 0 Å². The summed E-state index contributed by atoms with van der Waals surface area (Å²) in [5.74, 6) is 0.207. The smallest absolute Gasteiger partial charge is 0.238 e. The van der Waals surface area contributed by atoms with Gasteiger partial charge >= 0.3 is 0 Å². The van der Waals surface area contributed by atoms with Crippen LogP contribution in [0.3, 0.4) is 0 Å². The summed E-state index contributed by atoms with van der Waals surface area (Å²) in [5.41, 5.74) is 4.68. The van der Waals surface area contributed by atoms with Crippen molar-refractivity contribution in [2.45, 2.75) is 57.6 Å². The summed E-state index contributed by atoms with van der Waals surface area (Å²) in [4.78, 5) is 11.4. The molecule has 96 valence electrons. The van der Waals surface area contributed by atoms with E-state index in [0.717, 1.165) is 0 Å². The lowest BCUT2D eigenvalue weighted by molar-refractivity contribution is -0.123. The molecule has 0 rings (SSSR count). The first-order valence-electron chi connectivity index (χ1n) is 5.56. The molecule has 3 unspecified atom stereocenters. The lowest BCUT2D eigenvalue weighted by Gasteiger charge is -2.30. The lowest BCUT2D eigenvalue weighted by Crippen LogP contribution is -2.57. The van der Waals surface area contributed by atoms with Crippen molar-refractivity contribution in [1.82, 2.24) is 5.32 Å². The Bertz CT molecular complexity index is 234. The summed E-state index contributed by atoms with van der Waals surface area (Å²) >= 11 is 1.55. The minimum atomic E-state index is -0.720. The molecule has 0 saturated carbocycles. The molecule has 0 spiro atoms. The van der Waals surface area contributed by atoms with E-state index in [1.165, 1.54) is 0 Å². The highest BCUT2D eigenvalue weighted by Gasteiger charge is 2.32. The highest BCUT2D eigenvalue weighted by Crippen LogP contribution is 2.20. The van der Waals surface area contributed by atoms with Crippen LogP contribution in [0.15, 0.2) is 0 Å². The van der Waals surface area contributed by atoms with Crippen LogP contribution in [0.4, 0.5) is 0 Å². The average molecular weight is 248 g/mol. The first kappa shape index (κ1) is 15.7. The van der Waals surface area contributed by atoms with Crippen molar-refractivity contribution in [3.05, 3.63) is 0 Å². The minimum Gasteiger partial charge on any atom is -0.392 e. The van der Waals surface area contributed by atoms with Crippen LogP contribution in [-0.2, 0) is 4.79 Å². The predicted molar refractivity (Wildman–Crippen MR) is 69.5 cm³/mol. The van der Waals surface area contributed by atoms with Crippen molar-refractivity contribution in [3.63, 3.8) is 0 Å². The molecule has 0 aliphatic carbocycles. The van der Waals surface area contributed by atoms with Gasteiger partial charge < -0.3 is 16.2 Å². The third-order valence-electron chi connectivity index (χ3n) is 2.47. The van der Waals surface area contributed by atoms with Gasteiger partial charge in [-0.05, 0) is 27.7 Å². The molecular weight excluding hydrogens is 224 g/mol. The molecule has 4 N–H and O–H groups in total. The third kappa shape index (κ3) is 5.18. The zero-order valence-electron chi connectivity index (χ0n) is 10.8. The van der Waals surface area contributed by atoms with Gasteiger partial charge in [-0.15, -0.1) is 0 Å². The molecule has 0 bridgehead atoms. The molecule has 3 atom stereocenters. The van der Waals surface area contributed by atoms with Crippen molar-refractivity contribution in [1.29, 1.82) is 0 Å². The Balaban J connectivity index is 4.40. The number of carbonyl (C=O) groups is 1. The van der Waals surface area contributed by atoms with E-state index in [0.29, 0.717) is 5.75 Å². The molecule has 16 heavy (non-hydrogen) atoms. The van der Waals surface area contributed by atoms with E-state index in [1.54, 1.807) is 25.6 Å². The topological polar surface area (TPSA) is 75.3 Å². The number of aliphatic hydroxyl groups is 1. The normalized spacial score (nSPS) is 19.2. The summed E-state index contributed by atoms with van der Waals surface area (Å²) in [6.45, 7) is 9.44. The molecule has 0 radical (unpaired) electrons. The number of hydrogen-bond acceptors (Lipinski definition) is 4. The molecule has 4 nitrogen and oxygen atoms in total. The maximum atomic E-state index is 11.4. The van der Waals surface area contributed by atoms with Gasteiger partial charge in [0.1, 0.15) is 5.54 Å². The van der Waals surface area contributed by atoms with Crippen LogP contribution >= 0.6 is 11.8 Å². The van der Waals surface area contributed by atoms with Crippen LogP contribution in [0.25, 0.3) is 0 Å². The first-order valence-corrected chi connectivity index (χ1v) is 6.61. The van der Waals surface area contributed by atoms with E-state index < -0.39 is 5.54 Å². The number of hydrogen-bond donors (Lipinski definition) is 3. The second kappa shape index (κ2) is 6.47. The Labute approximate surface area is 102 Å². The Morgan fingerprint density at radius 1 is 1.44 bits per heavy atom. The molecule has 5 heteroatoms. The Morgan fingerprint density at radius 2 is 1.94 bits per heavy atom. The standard InChI is InChI=1S/C11H24N2O2S/c1-7(2)13-11(5,10(12)15)6-16-9(4)8(3)14/h7-9,13-14H,6H2,1-5H3,(H2,12,15). The number of nitrogens with two attached hydrogens (primary N) is 1. The zero-order chi connectivity index (χ0) is 12.9. The number of thioether (sulfide) groups is 1. The van der Waals surface area contributed by atoms with Crippen molar-refractivity contribution < 1.29 is 9.90 Å². The molecule has 1 amide bonds. The van der Waals surface area contributed by atoms with Crippen molar-refractivity contribution in [2.24, 2.45) is 5.73 Å². The van der Waals surface area contributed by atoms with Crippen molar-refractivity contribution >= 4 is 17.7 Å². The van der Waals surface area contributed by atoms with E-state index in [9.17, 15) is 9.90 Å². The van der Waals surface area contributed by atoms with E-state index in [1.807, 2.05) is 20.8 Å². The summed E-state index contributed by atoms with van der Waals surface area (Å²) in [7, 11) is 0. The second-order valence-electron chi connectivity index (χ2n) is 4.75. The molecule has 0 fully saturated rings. The van der Waals surface area contributed by atoms with Crippen LogP contribution in [0, 0.1) is 0 Å². The fraction of sp³-hybridized carbons (Fsp3) is 0.909. The van der Waals surface area contributed by atoms with Gasteiger partial charge in [0, 0.05) is 17.0 Å². The maximum absolute atomic E-state index is 11.4. The highest BCUT2D eigenvalue weighted by atomic mass is 32.2. The summed E-state index contributed by atoms with van der Waals surface area (Å²) < 4.78 is 0. The average Bonchev–Trinajstić information content (AvgIpc) is 2.12. The van der Waals surface area contributed by atoms with Crippen LogP contribution in [-0.4, -0.2) is 39.7 Å². The fourth-order valence-electron chi connectivity index (χ4n) is 1.26. The van der Waals surface area contributed by atoms with E-state index >= 15 is 0 Å². The summed E-state index contributed by atoms with van der Waals surface area (Å²) in [5, 5.41) is 12.6. The van der Waals surface area contributed by atoms with Gasteiger partial charge in [-0.3, -0.25) is 4.79 Å². The predicted octanol–water partition coefficient (Wildman–Crippen LogP) is 0.731. The second-order valence-corrected chi connectivity index (χ2v) is 6.12. The van der Waals surface area contributed by atoms with Gasteiger partial charge in [0.2, 0.25) is 5.91 Å². The van der Waals surface area contributed by atoms with Gasteiger partial charge in [-0.25, -0.2) is 0 Å². The molecule has 0 aromatic heterocycles. The molecular formula is C11H24N2O2S. The van der Waals surface area contributed by atoms with Crippen molar-refractivity contribution in [3.8, 4) is 0 Å². The quantitative estimate of drug-likeness (QED) is 0.621. The number of amides is 1. The summed E-state index contributed by atoms with van der Waals surface area (Å²) in [6, 6.07) is 0.194. The largest absolute Gasteiger partial charge is 0.392 e. The number of rotatable bonds is 7. The monoisotopic (exact) mass is 248 g/mol. The lowest BCUT2D eigenvalue weighted by atomic mass is 10.0. The first-order chi connectivity index (χ1) is 7.19. The third-order valence-corrected chi connectivity index (χ3v) is 4.13. The van der Waals surface area contributed by atoms with Gasteiger partial charge in [-0.2, -0.15) is 11.8 Å². The van der Waals surface area contributed by atoms with Gasteiger partial charge in [-0.1, -0.05) is 6.92 Å². The molecule has 0 heterocycles. The van der Waals surface area contributed by atoms with Crippen molar-refractivity contribution in [2.75, 3.05) is 5.75 Å². The zero-order valence-corrected chi connectivity index (χ0v) is 11.6. The summed E-state index contributed by atoms with van der Waals surface area (Å²) in [6.07, 6.45) is -0.388. The van der Waals surface area contributed by atoms with Crippen LogP contribution < -0.4 is 11.1 Å². The van der Waals surface area contributed by atoms with Crippen LogP contribution in [0.1, 0.15) is 34.6 Å². The molecule has 0 aliphatic heterocycles.